The Bertz CT molecular complexity index is 529. The van der Waals surface area contributed by atoms with Crippen molar-refractivity contribution in [2.75, 3.05) is 59.5 Å². The molecule has 0 radical (unpaired) electrons. The highest BCUT2D eigenvalue weighted by Crippen LogP contribution is 2.49. The van der Waals surface area contributed by atoms with Crippen LogP contribution in [0.15, 0.2) is 36.5 Å². The normalized spacial score (nSPS) is 16.2. The minimum atomic E-state index is -4.23. The van der Waals surface area contributed by atoms with Gasteiger partial charge in [0.1, 0.15) is 18.3 Å². The van der Waals surface area contributed by atoms with E-state index in [9.17, 15) is 19.9 Å². The average Bonchev–Trinajstić information content (AvgIpc) is 2.69. The van der Waals surface area contributed by atoms with Crippen LogP contribution < -0.4 is 0 Å². The minimum Gasteiger partial charge on any atom is -0.388 e. The number of hydrogen-bond donors (Lipinski definition) is 3. The number of aliphatic hydroxyl groups excluding tert-OH is 3. The molecule has 10 nitrogen and oxygen atoms in total. The first-order valence-electron chi connectivity index (χ1n) is 10.2. The Labute approximate surface area is 191 Å². The van der Waals surface area contributed by atoms with Crippen LogP contribution in [-0.2, 0) is 32.3 Å². The van der Waals surface area contributed by atoms with Gasteiger partial charge in [-0.15, -0.1) is 0 Å². The van der Waals surface area contributed by atoms with Crippen molar-refractivity contribution in [2.24, 2.45) is 0 Å². The molecular weight excluding hydrogens is 443 g/mol. The van der Waals surface area contributed by atoms with Crippen LogP contribution in [0.25, 0.3) is 0 Å². The van der Waals surface area contributed by atoms with E-state index in [0.717, 1.165) is 16.7 Å². The molecule has 0 aliphatic carbocycles. The first kappa shape index (κ1) is 31.1. The zero-order valence-corrected chi connectivity index (χ0v) is 20.3. The summed E-state index contributed by atoms with van der Waals surface area (Å²) in [5, 5.41) is 29.8. The Kier molecular flexibility index (Phi) is 17.1. The van der Waals surface area contributed by atoms with Crippen LogP contribution in [0.3, 0.4) is 0 Å². The molecule has 0 amide bonds. The van der Waals surface area contributed by atoms with E-state index in [4.69, 9.17) is 27.8 Å². The summed E-state index contributed by atoms with van der Waals surface area (Å²) in [5.74, 6) is 0. The average molecular weight is 483 g/mol. The highest BCUT2D eigenvalue weighted by molar-refractivity contribution is 7.48. The van der Waals surface area contributed by atoms with E-state index in [1.165, 1.54) is 0 Å². The fourth-order valence-corrected chi connectivity index (χ4v) is 3.18. The number of phosphoric acid groups is 1. The molecular formula is C21H39O10P. The SMILES string of the molecule is C=C(C)COCC(O)COP(=O)(OCC(O)COCC(=C)C)OCC(O)COCC(=C)C. The summed E-state index contributed by atoms with van der Waals surface area (Å²) in [6.07, 6.45) is -3.33. The Morgan fingerprint density at radius 1 is 0.625 bits per heavy atom. The lowest BCUT2D eigenvalue weighted by Crippen LogP contribution is -2.26. The molecule has 3 N–H and O–H groups in total. The number of hydrogen-bond acceptors (Lipinski definition) is 10. The summed E-state index contributed by atoms with van der Waals surface area (Å²) in [4.78, 5) is 0. The van der Waals surface area contributed by atoms with Crippen molar-refractivity contribution in [3.8, 4) is 0 Å². The predicted molar refractivity (Wildman–Crippen MR) is 120 cm³/mol. The van der Waals surface area contributed by atoms with E-state index in [0.29, 0.717) is 0 Å². The largest absolute Gasteiger partial charge is 0.475 e. The standard InChI is InChI=1S/C21H39O10P/c1-16(2)7-26-10-19(22)13-29-32(25,30-14-20(23)11-27-8-17(3)4)31-15-21(24)12-28-9-18(5)6/h19-24H,1,3,5,7-15H2,2,4,6H3. The molecule has 0 aliphatic heterocycles. The maximum Gasteiger partial charge on any atom is 0.475 e. The van der Waals surface area contributed by atoms with E-state index in [-0.39, 0.29) is 39.6 Å². The van der Waals surface area contributed by atoms with Crippen LogP contribution in [0.4, 0.5) is 0 Å². The van der Waals surface area contributed by atoms with Crippen molar-refractivity contribution < 1.29 is 47.7 Å². The summed E-state index contributed by atoms with van der Waals surface area (Å²) in [6.45, 7) is 15.6. The highest BCUT2D eigenvalue weighted by atomic mass is 31.2. The van der Waals surface area contributed by atoms with Gasteiger partial charge in [0.2, 0.25) is 0 Å². The maximum absolute atomic E-state index is 12.9. The van der Waals surface area contributed by atoms with Crippen molar-refractivity contribution >= 4 is 7.82 Å². The highest BCUT2D eigenvalue weighted by Gasteiger charge is 2.30. The lowest BCUT2D eigenvalue weighted by atomic mass is 10.4. The van der Waals surface area contributed by atoms with Gasteiger partial charge < -0.3 is 29.5 Å². The monoisotopic (exact) mass is 482 g/mol. The maximum atomic E-state index is 12.9. The summed E-state index contributed by atoms with van der Waals surface area (Å²) < 4.78 is 44.0. The van der Waals surface area contributed by atoms with E-state index >= 15 is 0 Å². The van der Waals surface area contributed by atoms with Gasteiger partial charge in [0.15, 0.2) is 0 Å². The molecule has 0 heterocycles. The molecule has 11 heteroatoms. The quantitative estimate of drug-likeness (QED) is 0.165. The first-order valence-corrected chi connectivity index (χ1v) is 11.6. The fraction of sp³-hybridized carbons (Fsp3) is 0.714. The molecule has 0 fully saturated rings. The third-order valence-corrected chi connectivity index (χ3v) is 4.65. The first-order chi connectivity index (χ1) is 14.9. The van der Waals surface area contributed by atoms with Crippen molar-refractivity contribution in [3.05, 3.63) is 36.5 Å². The Morgan fingerprint density at radius 3 is 1.09 bits per heavy atom. The molecule has 0 aromatic rings. The van der Waals surface area contributed by atoms with Crippen LogP contribution in [0.1, 0.15) is 20.8 Å². The van der Waals surface area contributed by atoms with Crippen LogP contribution >= 0.6 is 7.82 Å². The molecule has 0 saturated carbocycles. The Hall–Kier alpha value is -0.910. The summed E-state index contributed by atoms with van der Waals surface area (Å²) in [7, 11) is -4.23. The van der Waals surface area contributed by atoms with Gasteiger partial charge in [-0.05, 0) is 20.8 Å². The summed E-state index contributed by atoms with van der Waals surface area (Å²) in [5.41, 5.74) is 2.34. The second-order valence-corrected chi connectivity index (χ2v) is 9.38. The minimum absolute atomic E-state index is 0.0817. The van der Waals surface area contributed by atoms with E-state index in [1.54, 1.807) is 20.8 Å². The van der Waals surface area contributed by atoms with Gasteiger partial charge in [-0.1, -0.05) is 36.5 Å². The van der Waals surface area contributed by atoms with Crippen LogP contribution in [0, 0.1) is 0 Å². The molecule has 0 aromatic carbocycles. The molecule has 3 unspecified atom stereocenters. The molecule has 0 spiro atoms. The number of ether oxygens (including phenoxy) is 3. The van der Waals surface area contributed by atoms with Crippen LogP contribution in [0.2, 0.25) is 0 Å². The smallest absolute Gasteiger partial charge is 0.388 e. The third-order valence-electron chi connectivity index (χ3n) is 3.25. The Balaban J connectivity index is 4.69. The number of phosphoric ester groups is 1. The van der Waals surface area contributed by atoms with Crippen molar-refractivity contribution in [3.63, 3.8) is 0 Å². The van der Waals surface area contributed by atoms with Crippen molar-refractivity contribution in [2.45, 2.75) is 39.1 Å². The van der Waals surface area contributed by atoms with Gasteiger partial charge in [-0.25, -0.2) is 4.57 Å². The van der Waals surface area contributed by atoms with Gasteiger partial charge >= 0.3 is 7.82 Å². The molecule has 3 atom stereocenters. The van der Waals surface area contributed by atoms with Gasteiger partial charge in [-0.3, -0.25) is 13.6 Å². The van der Waals surface area contributed by atoms with Crippen LogP contribution in [-0.4, -0.2) is 93.1 Å². The molecule has 0 saturated heterocycles. The zero-order chi connectivity index (χ0) is 24.6. The topological polar surface area (TPSA) is 133 Å². The summed E-state index contributed by atoms with van der Waals surface area (Å²) >= 11 is 0. The third kappa shape index (κ3) is 18.6. The lowest BCUT2D eigenvalue weighted by molar-refractivity contribution is -0.0246. The van der Waals surface area contributed by atoms with E-state index < -0.39 is 46.0 Å². The van der Waals surface area contributed by atoms with Gasteiger partial charge in [0, 0.05) is 0 Å². The second-order valence-electron chi connectivity index (χ2n) is 7.71. The fourth-order valence-electron chi connectivity index (χ4n) is 1.90. The van der Waals surface area contributed by atoms with Gasteiger partial charge in [0.05, 0.1) is 59.5 Å². The molecule has 0 aromatic heterocycles. The molecule has 0 bridgehead atoms. The van der Waals surface area contributed by atoms with E-state index in [1.807, 2.05) is 0 Å². The molecule has 0 aliphatic rings. The predicted octanol–water partition coefficient (Wildman–Crippen LogP) is 2.01. The zero-order valence-electron chi connectivity index (χ0n) is 19.4. The number of rotatable bonds is 21. The van der Waals surface area contributed by atoms with Gasteiger partial charge in [0.25, 0.3) is 0 Å². The van der Waals surface area contributed by atoms with Crippen molar-refractivity contribution in [1.29, 1.82) is 0 Å². The lowest BCUT2D eigenvalue weighted by Gasteiger charge is -2.22. The van der Waals surface area contributed by atoms with E-state index in [2.05, 4.69) is 19.7 Å². The number of aliphatic hydroxyl groups is 3. The molecule has 188 valence electrons. The van der Waals surface area contributed by atoms with Crippen LogP contribution in [0.5, 0.6) is 0 Å². The molecule has 0 rings (SSSR count). The van der Waals surface area contributed by atoms with Crippen molar-refractivity contribution in [1.82, 2.24) is 0 Å². The Morgan fingerprint density at radius 2 is 0.875 bits per heavy atom. The van der Waals surface area contributed by atoms with Gasteiger partial charge in [-0.2, -0.15) is 0 Å². The summed E-state index contributed by atoms with van der Waals surface area (Å²) in [6, 6.07) is 0. The second kappa shape index (κ2) is 17.6. The molecule has 32 heavy (non-hydrogen) atoms.